The predicted molar refractivity (Wildman–Crippen MR) is 182 cm³/mol. The molecule has 0 saturated heterocycles. The van der Waals surface area contributed by atoms with Gasteiger partial charge in [-0.3, -0.25) is 9.52 Å². The third kappa shape index (κ3) is 9.14. The molecule has 0 unspecified atom stereocenters. The van der Waals surface area contributed by atoms with Crippen molar-refractivity contribution in [1.82, 2.24) is 18.8 Å². The molecule has 0 aliphatic carbocycles. The summed E-state index contributed by atoms with van der Waals surface area (Å²) in [5.74, 6) is -0.564. The van der Waals surface area contributed by atoms with Gasteiger partial charge in [-0.15, -0.1) is 0 Å². The van der Waals surface area contributed by atoms with Crippen LogP contribution in [0.5, 0.6) is 5.75 Å². The Morgan fingerprint density at radius 2 is 1.81 bits per heavy atom. The van der Waals surface area contributed by atoms with Crippen molar-refractivity contribution in [2.24, 2.45) is 13.0 Å². The van der Waals surface area contributed by atoms with Gasteiger partial charge in [0, 0.05) is 51.6 Å². The number of hydrogen-bond donors (Lipinski definition) is 2. The van der Waals surface area contributed by atoms with Crippen molar-refractivity contribution in [3.8, 4) is 5.75 Å². The molecule has 13 nitrogen and oxygen atoms in total. The molecule has 3 aromatic rings. The molecular formula is C33H47N5O8S2. The summed E-state index contributed by atoms with van der Waals surface area (Å²) in [5, 5.41) is 10.1. The Kier molecular flexibility index (Phi) is 12.3. The number of fused-ring (bicyclic) bond motifs is 1. The van der Waals surface area contributed by atoms with Crippen molar-refractivity contribution in [2.75, 3.05) is 38.1 Å². The van der Waals surface area contributed by atoms with Crippen LogP contribution in [0.2, 0.25) is 0 Å². The maximum atomic E-state index is 14.4. The molecule has 1 amide bonds. The summed E-state index contributed by atoms with van der Waals surface area (Å²) in [6, 6.07) is 10.4. The predicted octanol–water partition coefficient (Wildman–Crippen LogP) is 3.65. The zero-order valence-corrected chi connectivity index (χ0v) is 30.0. The minimum Gasteiger partial charge on any atom is -0.490 e. The van der Waals surface area contributed by atoms with Crippen LogP contribution >= 0.6 is 0 Å². The number of sulfonamides is 2. The number of benzene rings is 2. The van der Waals surface area contributed by atoms with E-state index >= 15 is 0 Å². The van der Waals surface area contributed by atoms with Crippen molar-refractivity contribution >= 4 is 31.6 Å². The molecule has 0 saturated carbocycles. The van der Waals surface area contributed by atoms with E-state index in [1.807, 2.05) is 20.8 Å². The van der Waals surface area contributed by atoms with Crippen molar-refractivity contribution in [3.05, 3.63) is 66.1 Å². The van der Waals surface area contributed by atoms with Gasteiger partial charge in [0.05, 0.1) is 41.6 Å². The Balaban J connectivity index is 1.68. The Labute approximate surface area is 284 Å². The number of aryl methyl sites for hydroxylation is 2. The van der Waals surface area contributed by atoms with Crippen LogP contribution in [-0.4, -0.2) is 98.2 Å². The topological polar surface area (TPSA) is 160 Å². The van der Waals surface area contributed by atoms with Crippen LogP contribution in [0.4, 0.5) is 5.69 Å². The lowest BCUT2D eigenvalue weighted by Gasteiger charge is -2.35. The lowest BCUT2D eigenvalue weighted by Crippen LogP contribution is -2.48. The smallest absolute Gasteiger partial charge is 0.261 e. The van der Waals surface area contributed by atoms with E-state index in [9.17, 15) is 26.7 Å². The van der Waals surface area contributed by atoms with E-state index in [2.05, 4.69) is 9.71 Å². The zero-order valence-electron chi connectivity index (χ0n) is 28.4. The van der Waals surface area contributed by atoms with Crippen LogP contribution in [0.15, 0.2) is 64.9 Å². The number of carbonyl (C=O) groups is 1. The second-order valence-corrected chi connectivity index (χ2v) is 16.3. The lowest BCUT2D eigenvalue weighted by atomic mass is 10.0. The Bertz CT molecular complexity index is 1760. The Morgan fingerprint density at radius 1 is 1.10 bits per heavy atom. The molecule has 15 heteroatoms. The van der Waals surface area contributed by atoms with Gasteiger partial charge in [-0.25, -0.2) is 21.8 Å². The zero-order chi connectivity index (χ0) is 35.2. The largest absolute Gasteiger partial charge is 0.490 e. The van der Waals surface area contributed by atoms with Crippen LogP contribution in [0.1, 0.15) is 56.0 Å². The number of hydrogen-bond acceptors (Lipinski definition) is 9. The van der Waals surface area contributed by atoms with E-state index in [4.69, 9.17) is 9.47 Å². The minimum absolute atomic E-state index is 0.0106. The fourth-order valence-corrected chi connectivity index (χ4v) is 7.61. The quantitative estimate of drug-likeness (QED) is 0.339. The summed E-state index contributed by atoms with van der Waals surface area (Å²) in [4.78, 5) is 19.9. The third-order valence-electron chi connectivity index (χ3n) is 8.43. The molecule has 2 aromatic carbocycles. The molecule has 0 spiro atoms. The molecular weight excluding hydrogens is 659 g/mol. The molecule has 1 aliphatic heterocycles. The second-order valence-electron chi connectivity index (χ2n) is 12.6. The van der Waals surface area contributed by atoms with Gasteiger partial charge in [0.1, 0.15) is 5.75 Å². The van der Waals surface area contributed by atoms with Gasteiger partial charge in [-0.05, 0) is 70.4 Å². The number of likely N-dealkylation sites (N-methyl/N-ethyl adjacent to an activating group) is 1. The number of carbonyl (C=O) groups excluding carboxylic acids is 1. The number of aliphatic hydroxyl groups excluding tert-OH is 1. The standard InChI is InChI=1S/C33H47N5O8S2/c1-23-10-13-28(14-11-23)47(41,42)35-27-12-15-30-29(17-27)33(40)38(25(3)21-39)18-24(2)31(45-16-8-7-9-26(4)46-30)19-37(6)48(43,44)32-20-36(5)22-34-32/h10-15,17,20,22,24-26,31,35,39H,7-9,16,18-19,21H2,1-6H3/t24-,25+,26-,31+/m1/s1. The number of ether oxygens (including phenoxy) is 2. The fourth-order valence-electron chi connectivity index (χ4n) is 5.41. The normalized spacial score (nSPS) is 20.9. The van der Waals surface area contributed by atoms with Crippen LogP contribution in [0.25, 0.3) is 0 Å². The summed E-state index contributed by atoms with van der Waals surface area (Å²) < 4.78 is 70.9. The first-order valence-electron chi connectivity index (χ1n) is 16.0. The number of aliphatic hydroxyl groups is 1. The highest BCUT2D eigenvalue weighted by molar-refractivity contribution is 7.92. The highest BCUT2D eigenvalue weighted by Gasteiger charge is 2.33. The van der Waals surface area contributed by atoms with Gasteiger partial charge < -0.3 is 24.0 Å². The maximum Gasteiger partial charge on any atom is 0.261 e. The number of amides is 1. The highest BCUT2D eigenvalue weighted by Crippen LogP contribution is 2.30. The first kappa shape index (κ1) is 37.3. The van der Waals surface area contributed by atoms with E-state index < -0.39 is 38.1 Å². The molecule has 2 N–H and O–H groups in total. The van der Waals surface area contributed by atoms with Crippen LogP contribution < -0.4 is 9.46 Å². The van der Waals surface area contributed by atoms with Crippen molar-refractivity contribution in [2.45, 2.75) is 75.1 Å². The van der Waals surface area contributed by atoms with E-state index in [1.54, 1.807) is 42.8 Å². The molecule has 48 heavy (non-hydrogen) atoms. The number of nitrogens with one attached hydrogen (secondary N) is 1. The minimum atomic E-state index is -3.96. The molecule has 0 fully saturated rings. The van der Waals surface area contributed by atoms with E-state index in [-0.39, 0.29) is 52.9 Å². The van der Waals surface area contributed by atoms with Gasteiger partial charge in [-0.1, -0.05) is 24.6 Å². The first-order chi connectivity index (χ1) is 22.6. The number of imidazole rings is 1. The van der Waals surface area contributed by atoms with E-state index in [1.165, 1.54) is 47.0 Å². The molecule has 1 aromatic heterocycles. The van der Waals surface area contributed by atoms with Crippen LogP contribution in [0.3, 0.4) is 0 Å². The van der Waals surface area contributed by atoms with Crippen molar-refractivity contribution < 1.29 is 36.2 Å². The average Bonchev–Trinajstić information content (AvgIpc) is 3.49. The Hall–Kier alpha value is -3.50. The third-order valence-corrected chi connectivity index (χ3v) is 11.5. The fraction of sp³-hybridized carbons (Fsp3) is 0.515. The lowest BCUT2D eigenvalue weighted by molar-refractivity contribution is -0.00835. The molecule has 264 valence electrons. The Morgan fingerprint density at radius 3 is 2.46 bits per heavy atom. The number of rotatable bonds is 9. The second kappa shape index (κ2) is 15.8. The van der Waals surface area contributed by atoms with Crippen LogP contribution in [-0.2, 0) is 31.8 Å². The molecule has 2 heterocycles. The first-order valence-corrected chi connectivity index (χ1v) is 18.9. The maximum absolute atomic E-state index is 14.4. The molecule has 0 radical (unpaired) electrons. The van der Waals surface area contributed by atoms with Crippen LogP contribution in [0, 0.1) is 12.8 Å². The number of aromatic nitrogens is 2. The summed E-state index contributed by atoms with van der Waals surface area (Å²) in [7, 11) is -4.71. The summed E-state index contributed by atoms with van der Waals surface area (Å²) in [6.07, 6.45) is 4.10. The molecule has 0 bridgehead atoms. The van der Waals surface area contributed by atoms with E-state index in [0.717, 1.165) is 12.0 Å². The van der Waals surface area contributed by atoms with Gasteiger partial charge in [0.25, 0.3) is 26.0 Å². The highest BCUT2D eigenvalue weighted by atomic mass is 32.2. The van der Waals surface area contributed by atoms with Crippen molar-refractivity contribution in [3.63, 3.8) is 0 Å². The van der Waals surface area contributed by atoms with Gasteiger partial charge in [-0.2, -0.15) is 4.31 Å². The molecule has 1 aliphatic rings. The van der Waals surface area contributed by atoms with Gasteiger partial charge in [0.2, 0.25) is 0 Å². The van der Waals surface area contributed by atoms with Gasteiger partial charge >= 0.3 is 0 Å². The molecule has 4 atom stereocenters. The van der Waals surface area contributed by atoms with E-state index in [0.29, 0.717) is 25.2 Å². The van der Waals surface area contributed by atoms with Crippen molar-refractivity contribution in [1.29, 1.82) is 0 Å². The van der Waals surface area contributed by atoms with Gasteiger partial charge in [0.15, 0.2) is 5.03 Å². The summed E-state index contributed by atoms with van der Waals surface area (Å²) in [6.45, 7) is 7.48. The number of nitrogens with zero attached hydrogens (tertiary/aromatic N) is 4. The monoisotopic (exact) mass is 705 g/mol. The average molecular weight is 706 g/mol. The SMILES string of the molecule is Cc1ccc(S(=O)(=O)Nc2ccc3c(c2)C(=O)N([C@@H](C)CO)C[C@@H](C)[C@H](CN(C)S(=O)(=O)c2cn(C)cn2)OCCCC[C@@H](C)O3)cc1. The number of anilines is 1. The summed E-state index contributed by atoms with van der Waals surface area (Å²) >= 11 is 0. The molecule has 4 rings (SSSR count). The summed E-state index contributed by atoms with van der Waals surface area (Å²) in [5.41, 5.74) is 1.22.